The minimum Gasteiger partial charge on any atom is -0.170 e. The van der Waals surface area contributed by atoms with E-state index in [0.717, 1.165) is 0 Å². The van der Waals surface area contributed by atoms with E-state index in [1.54, 1.807) is 0 Å². The summed E-state index contributed by atoms with van der Waals surface area (Å²) >= 11 is 0. The van der Waals surface area contributed by atoms with Crippen molar-refractivity contribution in [3.05, 3.63) is 0 Å². The highest BCUT2D eigenvalue weighted by Gasteiger charge is 1.96. The van der Waals surface area contributed by atoms with E-state index in [1.165, 1.54) is 7.11 Å². The second-order valence-corrected chi connectivity index (χ2v) is 1.98. The Morgan fingerprint density at radius 2 is 2.50 bits per heavy atom. The van der Waals surface area contributed by atoms with Crippen LogP contribution in [0.2, 0.25) is 0 Å². The van der Waals surface area contributed by atoms with Crippen molar-refractivity contribution in [1.82, 2.24) is 0 Å². The third kappa shape index (κ3) is 1.90. The van der Waals surface area contributed by atoms with Gasteiger partial charge in [0.25, 0.3) is 0 Å². The summed E-state index contributed by atoms with van der Waals surface area (Å²) in [4.78, 5) is 0. The van der Waals surface area contributed by atoms with Gasteiger partial charge in [-0.05, 0) is 0 Å². The lowest BCUT2D eigenvalue weighted by Gasteiger charge is -1.63. The largest absolute Gasteiger partial charge is 0.368 e. The topological polar surface area (TPSA) is 33.0 Å². The Morgan fingerprint density at radius 3 is 2.50 bits per heavy atom. The fourth-order valence-electron chi connectivity index (χ4n) is 0.0408. The Balaban J connectivity index is 3.33. The van der Waals surface area contributed by atoms with Gasteiger partial charge in [-0.25, -0.2) is 0 Å². The molecule has 0 rings (SSSR count). The molecule has 2 nitrogen and oxygen atoms in total. The van der Waals surface area contributed by atoms with Gasteiger partial charge in [-0.2, -0.15) is 4.52 Å². The molecule has 0 saturated carbocycles. The standard InChI is InChI=1S/C3H5NOP/c1-5-6(2)3-4/h2H2,1H3/q+1. The van der Waals surface area contributed by atoms with E-state index in [9.17, 15) is 0 Å². The highest BCUT2D eigenvalue weighted by Crippen LogP contribution is 2.14. The van der Waals surface area contributed by atoms with Crippen LogP contribution in [0.1, 0.15) is 0 Å². The molecule has 0 saturated heterocycles. The van der Waals surface area contributed by atoms with Crippen molar-refractivity contribution in [1.29, 1.82) is 5.26 Å². The van der Waals surface area contributed by atoms with Gasteiger partial charge in [0.2, 0.25) is 0 Å². The molecule has 0 aromatic carbocycles. The molecule has 1 unspecified atom stereocenters. The molecule has 0 aromatic rings. The van der Waals surface area contributed by atoms with Gasteiger partial charge < -0.3 is 0 Å². The lowest BCUT2D eigenvalue weighted by atomic mass is 11.8. The lowest BCUT2D eigenvalue weighted by molar-refractivity contribution is 0.479. The molecular weight excluding hydrogens is 97.0 g/mol. The SMILES string of the molecule is C=[P+](C#N)OC. The Morgan fingerprint density at radius 1 is 2.00 bits per heavy atom. The highest BCUT2D eigenvalue weighted by atomic mass is 31.1. The van der Waals surface area contributed by atoms with Gasteiger partial charge in [0.05, 0.1) is 7.11 Å². The fraction of sp³-hybridized carbons (Fsp3) is 0.333. The van der Waals surface area contributed by atoms with E-state index in [-0.39, 0.29) is 0 Å². The summed E-state index contributed by atoms with van der Waals surface area (Å²) in [5.41, 5.74) is 0. The average molecular weight is 102 g/mol. The first-order valence-electron chi connectivity index (χ1n) is 1.35. The third-order valence-corrected chi connectivity index (χ3v) is 0.996. The first-order chi connectivity index (χ1) is 2.81. The molecule has 0 aliphatic heterocycles. The summed E-state index contributed by atoms with van der Waals surface area (Å²) in [6, 6.07) is 0. The predicted octanol–water partition coefficient (Wildman–Crippen LogP) is 0.943. The van der Waals surface area contributed by atoms with Gasteiger partial charge in [0, 0.05) is 0 Å². The van der Waals surface area contributed by atoms with Crippen LogP contribution in [-0.2, 0) is 4.52 Å². The smallest absolute Gasteiger partial charge is 0.170 e. The molecule has 0 radical (unpaired) electrons. The zero-order valence-corrected chi connectivity index (χ0v) is 4.40. The average Bonchev–Trinajstić information content (AvgIpc) is 1.65. The number of rotatable bonds is 1. The van der Waals surface area contributed by atoms with Gasteiger partial charge in [0.15, 0.2) is 0 Å². The molecule has 0 fully saturated rings. The van der Waals surface area contributed by atoms with Crippen molar-refractivity contribution in [2.45, 2.75) is 0 Å². The van der Waals surface area contributed by atoms with E-state index < -0.39 is 7.77 Å². The normalized spacial score (nSPS) is 9.67. The molecule has 6 heavy (non-hydrogen) atoms. The molecular formula is C3H5NOP+. The van der Waals surface area contributed by atoms with Gasteiger partial charge in [-0.15, -0.1) is 5.26 Å². The van der Waals surface area contributed by atoms with Crippen LogP contribution < -0.4 is 0 Å². The Kier molecular flexibility index (Phi) is 2.66. The number of hydrogen-bond donors (Lipinski definition) is 0. The maximum Gasteiger partial charge on any atom is 0.368 e. The van der Waals surface area contributed by atoms with Crippen molar-refractivity contribution in [3.8, 4) is 5.81 Å². The molecule has 32 valence electrons. The first-order valence-corrected chi connectivity index (χ1v) is 2.80. The molecule has 0 aromatic heterocycles. The van der Waals surface area contributed by atoms with Gasteiger partial charge in [0.1, 0.15) is 6.30 Å². The lowest BCUT2D eigenvalue weighted by Crippen LogP contribution is -1.57. The minimum absolute atomic E-state index is 1.02. The molecule has 1 atom stereocenters. The van der Waals surface area contributed by atoms with Crippen LogP contribution in [0.25, 0.3) is 0 Å². The molecule has 0 spiro atoms. The summed E-state index contributed by atoms with van der Waals surface area (Å²) in [7, 11) is 0.454. The highest BCUT2D eigenvalue weighted by molar-refractivity contribution is 7.55. The fourth-order valence-corrected chi connectivity index (χ4v) is 0.122. The maximum absolute atomic E-state index is 7.93. The number of hydrogen-bond acceptors (Lipinski definition) is 2. The molecule has 0 aliphatic carbocycles. The predicted molar refractivity (Wildman–Crippen MR) is 26.7 cm³/mol. The molecule has 0 amide bonds. The van der Waals surface area contributed by atoms with E-state index in [4.69, 9.17) is 5.26 Å². The van der Waals surface area contributed by atoms with Gasteiger partial charge >= 0.3 is 13.6 Å². The van der Waals surface area contributed by atoms with Crippen molar-refractivity contribution < 1.29 is 4.52 Å². The molecule has 0 bridgehead atoms. The third-order valence-electron chi connectivity index (χ3n) is 0.332. The summed E-state index contributed by atoms with van der Waals surface area (Å²) in [5, 5.41) is 7.93. The number of nitriles is 1. The zero-order valence-electron chi connectivity index (χ0n) is 3.51. The Bertz CT molecular complexity index is 93.5. The van der Waals surface area contributed by atoms with Gasteiger partial charge in [-0.1, -0.05) is 0 Å². The minimum atomic E-state index is -1.02. The van der Waals surface area contributed by atoms with E-state index >= 15 is 0 Å². The van der Waals surface area contributed by atoms with Crippen LogP contribution in [0, 0.1) is 11.1 Å². The van der Waals surface area contributed by atoms with E-state index in [1.807, 2.05) is 5.81 Å². The molecule has 0 N–H and O–H groups in total. The first kappa shape index (κ1) is 5.62. The van der Waals surface area contributed by atoms with Crippen LogP contribution in [0.3, 0.4) is 0 Å². The summed E-state index contributed by atoms with van der Waals surface area (Å²) in [6.45, 7) is 0. The van der Waals surface area contributed by atoms with E-state index in [0.29, 0.717) is 0 Å². The van der Waals surface area contributed by atoms with Crippen molar-refractivity contribution >= 4 is 14.1 Å². The van der Waals surface area contributed by atoms with Crippen molar-refractivity contribution in [3.63, 3.8) is 0 Å². The second kappa shape index (κ2) is 2.84. The van der Waals surface area contributed by atoms with Crippen LogP contribution >= 0.6 is 7.77 Å². The van der Waals surface area contributed by atoms with Crippen molar-refractivity contribution in [2.24, 2.45) is 0 Å². The van der Waals surface area contributed by atoms with Crippen LogP contribution in [0.5, 0.6) is 0 Å². The van der Waals surface area contributed by atoms with E-state index in [2.05, 4.69) is 10.8 Å². The van der Waals surface area contributed by atoms with Crippen LogP contribution in [0.15, 0.2) is 0 Å². The molecule has 0 aliphatic rings. The summed E-state index contributed by atoms with van der Waals surface area (Å²) in [6.07, 6.45) is 3.36. The number of nitrogens with zero attached hydrogens (tertiary/aromatic N) is 1. The summed E-state index contributed by atoms with van der Waals surface area (Å²) < 4.78 is 4.49. The maximum atomic E-state index is 7.93. The van der Waals surface area contributed by atoms with Gasteiger partial charge in [-0.3, -0.25) is 0 Å². The Hall–Kier alpha value is -0.380. The Labute approximate surface area is 37.8 Å². The molecule has 0 heterocycles. The quantitative estimate of drug-likeness (QED) is 0.461. The molecule has 3 heteroatoms. The van der Waals surface area contributed by atoms with Crippen LogP contribution in [-0.4, -0.2) is 13.4 Å². The summed E-state index contributed by atoms with van der Waals surface area (Å²) in [5.74, 6) is 1.85. The zero-order chi connectivity index (χ0) is 4.99. The van der Waals surface area contributed by atoms with Crippen molar-refractivity contribution in [2.75, 3.05) is 7.11 Å². The van der Waals surface area contributed by atoms with Crippen LogP contribution in [0.4, 0.5) is 0 Å². The second-order valence-electron chi connectivity index (χ2n) is 0.661. The monoisotopic (exact) mass is 102 g/mol.